The maximum atomic E-state index is 5.66. The van der Waals surface area contributed by atoms with E-state index in [9.17, 15) is 0 Å². The van der Waals surface area contributed by atoms with E-state index in [1.807, 2.05) is 19.2 Å². The zero-order valence-corrected chi connectivity index (χ0v) is 17.0. The number of aryl methyl sites for hydroxylation is 1. The number of likely N-dealkylation sites (tertiary alicyclic amines) is 2. The Morgan fingerprint density at radius 1 is 1.21 bits per heavy atom. The van der Waals surface area contributed by atoms with Crippen LogP contribution in [0.1, 0.15) is 30.5 Å². The van der Waals surface area contributed by atoms with Crippen molar-refractivity contribution in [1.29, 1.82) is 0 Å². The lowest BCUT2D eigenvalue weighted by molar-refractivity contribution is 0.281. The van der Waals surface area contributed by atoms with E-state index in [0.29, 0.717) is 12.4 Å². The van der Waals surface area contributed by atoms with Crippen molar-refractivity contribution in [2.45, 2.75) is 32.7 Å². The van der Waals surface area contributed by atoms with E-state index >= 15 is 0 Å². The third-order valence-corrected chi connectivity index (χ3v) is 5.79. The molecule has 0 bridgehead atoms. The molecule has 28 heavy (non-hydrogen) atoms. The van der Waals surface area contributed by atoms with E-state index < -0.39 is 0 Å². The van der Waals surface area contributed by atoms with E-state index in [1.54, 1.807) is 6.26 Å². The predicted octanol–water partition coefficient (Wildman–Crippen LogP) is 3.14. The molecular formula is C22H31N5O. The number of guanidine groups is 1. The van der Waals surface area contributed by atoms with Crippen LogP contribution in [-0.4, -0.2) is 60.5 Å². The molecule has 2 saturated heterocycles. The maximum Gasteiger partial charge on any atom is 0.226 e. The number of nitrogens with zero attached hydrogens (tertiary/aromatic N) is 4. The summed E-state index contributed by atoms with van der Waals surface area (Å²) in [5.74, 6) is 2.37. The van der Waals surface area contributed by atoms with Gasteiger partial charge in [-0.25, -0.2) is 4.98 Å². The predicted molar refractivity (Wildman–Crippen MR) is 112 cm³/mol. The number of hydrogen-bond donors (Lipinski definition) is 1. The van der Waals surface area contributed by atoms with Crippen LogP contribution in [0.5, 0.6) is 0 Å². The highest BCUT2D eigenvalue weighted by atomic mass is 16.3. The molecule has 1 aromatic heterocycles. The molecule has 150 valence electrons. The smallest absolute Gasteiger partial charge is 0.226 e. The van der Waals surface area contributed by atoms with Crippen molar-refractivity contribution >= 4 is 5.96 Å². The van der Waals surface area contributed by atoms with Crippen LogP contribution in [0.15, 0.2) is 39.9 Å². The van der Waals surface area contributed by atoms with Crippen molar-refractivity contribution < 1.29 is 4.42 Å². The van der Waals surface area contributed by atoms with Crippen molar-refractivity contribution in [2.75, 3.05) is 39.8 Å². The number of aliphatic imine (C=N–C) groups is 1. The molecule has 2 aromatic rings. The molecule has 0 amide bonds. The van der Waals surface area contributed by atoms with Gasteiger partial charge in [0.05, 0.1) is 12.2 Å². The lowest BCUT2D eigenvalue weighted by atomic mass is 10.1. The molecule has 3 heterocycles. The van der Waals surface area contributed by atoms with Gasteiger partial charge in [0.1, 0.15) is 6.26 Å². The summed E-state index contributed by atoms with van der Waals surface area (Å²) in [6.45, 7) is 8.65. The Hall–Kier alpha value is -2.34. The van der Waals surface area contributed by atoms with E-state index in [2.05, 4.69) is 44.1 Å². The molecule has 6 heteroatoms. The standard InChI is InChI=1S/C22H31N5O/c1-17-5-7-19(8-6-17)21-25-20(16-28-21)13-24-22(23-2)27-12-9-18(15-27)14-26-10-3-4-11-26/h5-8,16,18H,3-4,9-15H2,1-2H3,(H,23,24). The molecule has 0 aliphatic carbocycles. The van der Waals surface area contributed by atoms with Crippen molar-refractivity contribution in [1.82, 2.24) is 20.1 Å². The Bertz CT molecular complexity index is 792. The zero-order chi connectivity index (χ0) is 19.3. The van der Waals surface area contributed by atoms with Crippen molar-refractivity contribution in [2.24, 2.45) is 10.9 Å². The second-order valence-corrected chi connectivity index (χ2v) is 8.02. The molecule has 4 rings (SSSR count). The van der Waals surface area contributed by atoms with Crippen LogP contribution >= 0.6 is 0 Å². The lowest BCUT2D eigenvalue weighted by Crippen LogP contribution is -2.40. The van der Waals surface area contributed by atoms with Crippen LogP contribution < -0.4 is 5.32 Å². The van der Waals surface area contributed by atoms with Crippen LogP contribution in [0.25, 0.3) is 11.5 Å². The SMILES string of the molecule is CN=C(NCc1coc(-c2ccc(C)cc2)n1)N1CCC(CN2CCCC2)C1. The fourth-order valence-corrected chi connectivity index (χ4v) is 4.22. The minimum atomic E-state index is 0.620. The van der Waals surface area contributed by atoms with Gasteiger partial charge in [-0.05, 0) is 57.3 Å². The monoisotopic (exact) mass is 381 g/mol. The number of hydrogen-bond acceptors (Lipinski definition) is 4. The van der Waals surface area contributed by atoms with Gasteiger partial charge in [-0.2, -0.15) is 0 Å². The van der Waals surface area contributed by atoms with E-state index in [4.69, 9.17) is 4.42 Å². The molecule has 1 atom stereocenters. The quantitative estimate of drug-likeness (QED) is 0.637. The molecule has 2 fully saturated rings. The molecule has 1 N–H and O–H groups in total. The van der Waals surface area contributed by atoms with Gasteiger partial charge in [0.25, 0.3) is 0 Å². The van der Waals surface area contributed by atoms with Gasteiger partial charge >= 0.3 is 0 Å². The Kier molecular flexibility index (Phi) is 5.95. The summed E-state index contributed by atoms with van der Waals surface area (Å²) >= 11 is 0. The van der Waals surface area contributed by atoms with Gasteiger partial charge in [0, 0.05) is 32.2 Å². The summed E-state index contributed by atoms with van der Waals surface area (Å²) in [4.78, 5) is 14.1. The maximum absolute atomic E-state index is 5.66. The summed E-state index contributed by atoms with van der Waals surface area (Å²) in [6, 6.07) is 8.24. The third kappa shape index (κ3) is 4.55. The highest BCUT2D eigenvalue weighted by molar-refractivity contribution is 5.80. The fourth-order valence-electron chi connectivity index (χ4n) is 4.22. The molecular weight excluding hydrogens is 350 g/mol. The number of aromatic nitrogens is 1. The van der Waals surface area contributed by atoms with Crippen LogP contribution in [0.2, 0.25) is 0 Å². The van der Waals surface area contributed by atoms with E-state index in [0.717, 1.165) is 36.2 Å². The summed E-state index contributed by atoms with van der Waals surface area (Å²) in [6.07, 6.45) is 5.71. The summed E-state index contributed by atoms with van der Waals surface area (Å²) < 4.78 is 5.66. The third-order valence-electron chi connectivity index (χ3n) is 5.79. The number of benzene rings is 1. The minimum Gasteiger partial charge on any atom is -0.444 e. The lowest BCUT2D eigenvalue weighted by Gasteiger charge is -2.23. The molecule has 2 aliphatic rings. The van der Waals surface area contributed by atoms with Gasteiger partial charge in [-0.1, -0.05) is 17.7 Å². The van der Waals surface area contributed by atoms with Gasteiger partial charge < -0.3 is 19.5 Å². The fraction of sp³-hybridized carbons (Fsp3) is 0.545. The Labute approximate surface area is 167 Å². The van der Waals surface area contributed by atoms with Gasteiger partial charge in [0.2, 0.25) is 5.89 Å². The second-order valence-electron chi connectivity index (χ2n) is 8.02. The molecule has 0 saturated carbocycles. The zero-order valence-electron chi connectivity index (χ0n) is 17.0. The van der Waals surface area contributed by atoms with E-state index in [-0.39, 0.29) is 0 Å². The second kappa shape index (κ2) is 8.78. The van der Waals surface area contributed by atoms with Gasteiger partial charge in [-0.3, -0.25) is 4.99 Å². The first-order chi connectivity index (χ1) is 13.7. The number of nitrogens with one attached hydrogen (secondary N) is 1. The average Bonchev–Trinajstić information content (AvgIpc) is 3.46. The van der Waals surface area contributed by atoms with Crippen molar-refractivity contribution in [3.63, 3.8) is 0 Å². The Morgan fingerprint density at radius 2 is 2.00 bits per heavy atom. The van der Waals surface area contributed by atoms with Crippen molar-refractivity contribution in [3.05, 3.63) is 41.8 Å². The number of oxazole rings is 1. The first kappa shape index (κ1) is 19.0. The molecule has 1 unspecified atom stereocenters. The van der Waals surface area contributed by atoms with Crippen molar-refractivity contribution in [3.8, 4) is 11.5 Å². The first-order valence-corrected chi connectivity index (χ1v) is 10.4. The summed E-state index contributed by atoms with van der Waals surface area (Å²) in [5, 5.41) is 3.46. The molecule has 0 radical (unpaired) electrons. The average molecular weight is 382 g/mol. The summed E-state index contributed by atoms with van der Waals surface area (Å²) in [7, 11) is 1.86. The van der Waals surface area contributed by atoms with Crippen LogP contribution in [0.3, 0.4) is 0 Å². The Morgan fingerprint density at radius 3 is 2.75 bits per heavy atom. The largest absolute Gasteiger partial charge is 0.444 e. The molecule has 0 spiro atoms. The molecule has 1 aromatic carbocycles. The molecule has 2 aliphatic heterocycles. The van der Waals surface area contributed by atoms with E-state index in [1.165, 1.54) is 44.5 Å². The van der Waals surface area contributed by atoms with Crippen LogP contribution in [-0.2, 0) is 6.54 Å². The summed E-state index contributed by atoms with van der Waals surface area (Å²) in [5.41, 5.74) is 3.13. The van der Waals surface area contributed by atoms with Crippen LogP contribution in [0.4, 0.5) is 0 Å². The highest BCUT2D eigenvalue weighted by Crippen LogP contribution is 2.21. The Balaban J connectivity index is 1.29. The first-order valence-electron chi connectivity index (χ1n) is 10.4. The van der Waals surface area contributed by atoms with Crippen LogP contribution in [0, 0.1) is 12.8 Å². The molecule has 6 nitrogen and oxygen atoms in total. The normalized spacial score (nSPS) is 20.9. The van der Waals surface area contributed by atoms with Gasteiger partial charge in [-0.15, -0.1) is 0 Å². The minimum absolute atomic E-state index is 0.620. The highest BCUT2D eigenvalue weighted by Gasteiger charge is 2.27. The topological polar surface area (TPSA) is 56.9 Å². The van der Waals surface area contributed by atoms with Gasteiger partial charge in [0.15, 0.2) is 5.96 Å². The number of rotatable bonds is 5.